The zero-order valence-corrected chi connectivity index (χ0v) is 15.6. The van der Waals surface area contributed by atoms with Crippen LogP contribution in [0.1, 0.15) is 43.4 Å². The zero-order chi connectivity index (χ0) is 18.4. The van der Waals surface area contributed by atoms with Crippen molar-refractivity contribution in [3.05, 3.63) is 59.2 Å². The number of rotatable bonds is 7. The lowest BCUT2D eigenvalue weighted by Crippen LogP contribution is -2.36. The number of para-hydroxylation sites is 1. The summed E-state index contributed by atoms with van der Waals surface area (Å²) >= 11 is 0. The van der Waals surface area contributed by atoms with E-state index in [4.69, 9.17) is 9.47 Å². The Balaban J connectivity index is 2.02. The van der Waals surface area contributed by atoms with Crippen molar-refractivity contribution in [2.45, 2.75) is 46.3 Å². The van der Waals surface area contributed by atoms with E-state index in [1.807, 2.05) is 37.3 Å². The fourth-order valence-corrected chi connectivity index (χ4v) is 2.64. The van der Waals surface area contributed by atoms with Gasteiger partial charge in [-0.25, -0.2) is 0 Å². The summed E-state index contributed by atoms with van der Waals surface area (Å²) in [4.78, 5) is 12.4. The summed E-state index contributed by atoms with van der Waals surface area (Å²) in [6.45, 7) is 8.42. The predicted octanol–water partition coefficient (Wildman–Crippen LogP) is 4.21. The highest BCUT2D eigenvalue weighted by molar-refractivity contribution is 5.80. The second-order valence-electron chi connectivity index (χ2n) is 6.49. The summed E-state index contributed by atoms with van der Waals surface area (Å²) in [5.74, 6) is 1.72. The van der Waals surface area contributed by atoms with Crippen molar-refractivity contribution in [3.8, 4) is 11.5 Å². The van der Waals surface area contributed by atoms with Crippen LogP contribution in [0.5, 0.6) is 11.5 Å². The second-order valence-corrected chi connectivity index (χ2v) is 6.49. The minimum absolute atomic E-state index is 0.151. The summed E-state index contributed by atoms with van der Waals surface area (Å²) in [6.07, 6.45) is -0.575. The third-order valence-corrected chi connectivity index (χ3v) is 4.11. The molecule has 0 aliphatic carbocycles. The van der Waals surface area contributed by atoms with Crippen molar-refractivity contribution in [3.63, 3.8) is 0 Å². The second kappa shape index (κ2) is 8.56. The molecule has 4 heteroatoms. The molecule has 0 aromatic heterocycles. The molecule has 0 saturated heterocycles. The highest BCUT2D eigenvalue weighted by Crippen LogP contribution is 2.28. The van der Waals surface area contributed by atoms with Gasteiger partial charge in [0.25, 0.3) is 5.91 Å². The van der Waals surface area contributed by atoms with Gasteiger partial charge in [-0.15, -0.1) is 0 Å². The summed E-state index contributed by atoms with van der Waals surface area (Å²) in [7, 11) is 1.62. The first kappa shape index (κ1) is 18.8. The molecule has 1 amide bonds. The van der Waals surface area contributed by atoms with E-state index in [1.165, 1.54) is 0 Å². The Morgan fingerprint density at radius 3 is 2.48 bits per heavy atom. The molecule has 0 bridgehead atoms. The summed E-state index contributed by atoms with van der Waals surface area (Å²) < 4.78 is 11.3. The summed E-state index contributed by atoms with van der Waals surface area (Å²) in [5.41, 5.74) is 3.15. The van der Waals surface area contributed by atoms with E-state index in [0.717, 1.165) is 28.2 Å². The molecular formula is C21H27NO3. The Morgan fingerprint density at radius 2 is 1.80 bits per heavy atom. The van der Waals surface area contributed by atoms with Crippen LogP contribution in [0.25, 0.3) is 0 Å². The number of amides is 1. The molecule has 0 aliphatic heterocycles. The van der Waals surface area contributed by atoms with Gasteiger partial charge in [-0.2, -0.15) is 0 Å². The molecule has 0 aliphatic rings. The lowest BCUT2D eigenvalue weighted by atomic mass is 10.0. The van der Waals surface area contributed by atoms with Crippen molar-refractivity contribution in [2.75, 3.05) is 7.11 Å². The Hall–Kier alpha value is -2.49. The number of nitrogens with one attached hydrogen (secondary N) is 1. The number of ether oxygens (including phenoxy) is 2. The maximum atomic E-state index is 12.4. The quantitative estimate of drug-likeness (QED) is 0.820. The lowest BCUT2D eigenvalue weighted by Gasteiger charge is -2.19. The highest BCUT2D eigenvalue weighted by atomic mass is 16.5. The van der Waals surface area contributed by atoms with Crippen molar-refractivity contribution in [2.24, 2.45) is 0 Å². The van der Waals surface area contributed by atoms with Crippen LogP contribution in [0, 0.1) is 6.92 Å². The van der Waals surface area contributed by atoms with Crippen molar-refractivity contribution >= 4 is 5.91 Å². The van der Waals surface area contributed by atoms with Gasteiger partial charge in [0.05, 0.1) is 7.11 Å². The topological polar surface area (TPSA) is 47.6 Å². The van der Waals surface area contributed by atoms with Crippen LogP contribution in [0.15, 0.2) is 42.5 Å². The van der Waals surface area contributed by atoms with Crippen LogP contribution in [0.3, 0.4) is 0 Å². The first-order valence-corrected chi connectivity index (χ1v) is 8.59. The fraction of sp³-hybridized carbons (Fsp3) is 0.381. The standard InChI is InChI=1S/C21H27NO3/c1-14(2)18-11-10-15(3)12-20(18)25-16(4)21(23)22-13-17-8-6-7-9-19(17)24-5/h6-12,14,16H,13H2,1-5H3,(H,22,23)/t16-/m1/s1. The molecule has 1 atom stereocenters. The largest absolute Gasteiger partial charge is 0.496 e. The number of hydrogen-bond donors (Lipinski definition) is 1. The molecule has 0 unspecified atom stereocenters. The van der Waals surface area contributed by atoms with Crippen LogP contribution in [-0.4, -0.2) is 19.1 Å². The molecule has 0 spiro atoms. The monoisotopic (exact) mass is 341 g/mol. The van der Waals surface area contributed by atoms with Gasteiger partial charge >= 0.3 is 0 Å². The van der Waals surface area contributed by atoms with Gasteiger partial charge in [-0.05, 0) is 43.0 Å². The van der Waals surface area contributed by atoms with Gasteiger partial charge in [0.15, 0.2) is 6.10 Å². The molecule has 4 nitrogen and oxygen atoms in total. The van der Waals surface area contributed by atoms with Crippen molar-refractivity contribution in [1.29, 1.82) is 0 Å². The van der Waals surface area contributed by atoms with Crippen molar-refractivity contribution in [1.82, 2.24) is 5.32 Å². The third kappa shape index (κ3) is 4.99. The smallest absolute Gasteiger partial charge is 0.261 e. The molecule has 0 radical (unpaired) electrons. The molecular weight excluding hydrogens is 314 g/mol. The fourth-order valence-electron chi connectivity index (χ4n) is 2.64. The highest BCUT2D eigenvalue weighted by Gasteiger charge is 2.18. The number of carbonyl (C=O) groups excluding carboxylic acids is 1. The van der Waals surface area contributed by atoms with Gasteiger partial charge in [0, 0.05) is 12.1 Å². The third-order valence-electron chi connectivity index (χ3n) is 4.11. The predicted molar refractivity (Wildman–Crippen MR) is 100 cm³/mol. The maximum Gasteiger partial charge on any atom is 0.261 e. The van der Waals surface area contributed by atoms with Gasteiger partial charge in [0.2, 0.25) is 0 Å². The van der Waals surface area contributed by atoms with Gasteiger partial charge < -0.3 is 14.8 Å². The summed E-state index contributed by atoms with van der Waals surface area (Å²) in [6, 6.07) is 13.8. The minimum atomic E-state index is -0.575. The molecule has 2 aromatic carbocycles. The van der Waals surface area contributed by atoms with E-state index in [-0.39, 0.29) is 5.91 Å². The van der Waals surface area contributed by atoms with Crippen molar-refractivity contribution < 1.29 is 14.3 Å². The van der Waals surface area contributed by atoms with E-state index in [2.05, 4.69) is 31.3 Å². The van der Waals surface area contributed by atoms with Gasteiger partial charge in [-0.1, -0.05) is 44.2 Å². The first-order valence-electron chi connectivity index (χ1n) is 8.59. The molecule has 0 fully saturated rings. The zero-order valence-electron chi connectivity index (χ0n) is 15.6. The van der Waals surface area contributed by atoms with E-state index < -0.39 is 6.10 Å². The number of carbonyl (C=O) groups is 1. The SMILES string of the molecule is COc1ccccc1CNC(=O)[C@@H](C)Oc1cc(C)ccc1C(C)C. The van der Waals surface area contributed by atoms with E-state index >= 15 is 0 Å². The summed E-state index contributed by atoms with van der Waals surface area (Å²) in [5, 5.41) is 2.91. The average molecular weight is 341 g/mol. The number of aryl methyl sites for hydroxylation is 1. The Labute approximate surface area is 150 Å². The van der Waals surface area contributed by atoms with Crippen LogP contribution in [-0.2, 0) is 11.3 Å². The van der Waals surface area contributed by atoms with Gasteiger partial charge in [-0.3, -0.25) is 4.79 Å². The van der Waals surface area contributed by atoms with E-state index in [9.17, 15) is 4.79 Å². The molecule has 25 heavy (non-hydrogen) atoms. The minimum Gasteiger partial charge on any atom is -0.496 e. The Morgan fingerprint density at radius 1 is 1.08 bits per heavy atom. The normalized spacial score (nSPS) is 11.9. The van der Waals surface area contributed by atoms with Crippen LogP contribution in [0.2, 0.25) is 0 Å². The van der Waals surface area contributed by atoms with Gasteiger partial charge in [0.1, 0.15) is 11.5 Å². The molecule has 134 valence electrons. The maximum absolute atomic E-state index is 12.4. The Kier molecular flexibility index (Phi) is 6.45. The van der Waals surface area contributed by atoms with E-state index in [1.54, 1.807) is 14.0 Å². The van der Waals surface area contributed by atoms with E-state index in [0.29, 0.717) is 12.5 Å². The molecule has 2 aromatic rings. The first-order chi connectivity index (χ1) is 11.9. The molecule has 1 N–H and O–H groups in total. The molecule has 2 rings (SSSR count). The van der Waals surface area contributed by atoms with Crippen LogP contribution in [0.4, 0.5) is 0 Å². The molecule has 0 heterocycles. The average Bonchev–Trinajstić information content (AvgIpc) is 2.59. The Bertz CT molecular complexity index is 725. The number of methoxy groups -OCH3 is 1. The molecule has 0 saturated carbocycles. The van der Waals surface area contributed by atoms with Crippen LogP contribution < -0.4 is 14.8 Å². The number of benzene rings is 2. The lowest BCUT2D eigenvalue weighted by molar-refractivity contribution is -0.127. The number of hydrogen-bond acceptors (Lipinski definition) is 3. The van der Waals surface area contributed by atoms with Crippen LogP contribution >= 0.6 is 0 Å².